The molecule has 4 aromatic rings. The van der Waals surface area contributed by atoms with E-state index < -0.39 is 0 Å². The van der Waals surface area contributed by atoms with Crippen molar-refractivity contribution in [1.29, 1.82) is 0 Å². The van der Waals surface area contributed by atoms with Gasteiger partial charge in [-0.1, -0.05) is 35.9 Å². The number of rotatable bonds is 4. The molecule has 0 fully saturated rings. The Kier molecular flexibility index (Phi) is 4.72. The van der Waals surface area contributed by atoms with Crippen molar-refractivity contribution in [3.8, 4) is 11.1 Å². The largest absolute Gasteiger partial charge is 0.297 e. The monoisotopic (exact) mass is 449 g/mol. The van der Waals surface area contributed by atoms with Gasteiger partial charge in [-0.05, 0) is 36.8 Å². The van der Waals surface area contributed by atoms with Crippen LogP contribution in [-0.4, -0.2) is 32.8 Å². The molecule has 0 N–H and O–H groups in total. The van der Waals surface area contributed by atoms with Gasteiger partial charge in [-0.25, -0.2) is 4.98 Å². The predicted molar refractivity (Wildman–Crippen MR) is 121 cm³/mol. The minimum Gasteiger partial charge on any atom is -0.297 e. The van der Waals surface area contributed by atoms with Gasteiger partial charge in [-0.3, -0.25) is 23.9 Å². The van der Waals surface area contributed by atoms with E-state index in [2.05, 4.69) is 4.98 Å². The first kappa shape index (κ1) is 19.7. The van der Waals surface area contributed by atoms with Crippen molar-refractivity contribution >= 4 is 45.0 Å². The van der Waals surface area contributed by atoms with E-state index in [0.29, 0.717) is 26.4 Å². The van der Waals surface area contributed by atoms with E-state index in [1.165, 1.54) is 27.1 Å². The van der Waals surface area contributed by atoms with E-state index in [1.54, 1.807) is 36.4 Å². The fourth-order valence-corrected chi connectivity index (χ4v) is 5.04. The number of carbonyl (C=O) groups is 2. The number of halogens is 1. The quantitative estimate of drug-likeness (QED) is 0.433. The zero-order valence-corrected chi connectivity index (χ0v) is 18.0. The van der Waals surface area contributed by atoms with Gasteiger partial charge in [0.2, 0.25) is 0 Å². The summed E-state index contributed by atoms with van der Waals surface area (Å²) >= 11 is 7.47. The van der Waals surface area contributed by atoms with Crippen molar-refractivity contribution in [1.82, 2.24) is 14.5 Å². The van der Waals surface area contributed by atoms with E-state index in [-0.39, 0.29) is 30.5 Å². The molecule has 0 atom stereocenters. The molecule has 1 aliphatic heterocycles. The third-order valence-electron chi connectivity index (χ3n) is 5.43. The number of hydrogen-bond donors (Lipinski definition) is 0. The molecule has 6 nitrogen and oxygen atoms in total. The molecule has 0 radical (unpaired) electrons. The van der Waals surface area contributed by atoms with Crippen LogP contribution < -0.4 is 5.56 Å². The number of aromatic nitrogens is 2. The second-order valence-electron chi connectivity index (χ2n) is 7.27. The van der Waals surface area contributed by atoms with Crippen molar-refractivity contribution in [3.05, 3.63) is 86.2 Å². The number of amides is 2. The van der Waals surface area contributed by atoms with Crippen molar-refractivity contribution in [3.63, 3.8) is 0 Å². The van der Waals surface area contributed by atoms with Gasteiger partial charge in [0.1, 0.15) is 4.83 Å². The molecular weight excluding hydrogens is 434 g/mol. The predicted octanol–water partition coefficient (Wildman–Crippen LogP) is 4.38. The molecule has 1 aliphatic rings. The Morgan fingerprint density at radius 1 is 0.935 bits per heavy atom. The fraction of sp³-hybridized carbons (Fsp3) is 0.130. The highest BCUT2D eigenvalue weighted by atomic mass is 35.5. The minimum atomic E-state index is -0.337. The van der Waals surface area contributed by atoms with E-state index in [9.17, 15) is 14.4 Å². The summed E-state index contributed by atoms with van der Waals surface area (Å²) in [6, 6.07) is 14.1. The lowest BCUT2D eigenvalue weighted by Crippen LogP contribution is -2.35. The molecule has 0 saturated heterocycles. The van der Waals surface area contributed by atoms with Gasteiger partial charge in [0.25, 0.3) is 17.4 Å². The SMILES string of the molecule is Cc1sc2ncn(CCN3C(=O)c4ccccc4C3=O)c(=O)c2c1-c1ccc(Cl)cc1. The number of nitrogens with zero attached hydrogens (tertiary/aromatic N) is 3. The summed E-state index contributed by atoms with van der Waals surface area (Å²) in [6.45, 7) is 2.22. The molecule has 154 valence electrons. The molecule has 8 heteroatoms. The van der Waals surface area contributed by atoms with Crippen LogP contribution in [0, 0.1) is 6.92 Å². The Labute approximate surface area is 186 Å². The second kappa shape index (κ2) is 7.44. The Hall–Kier alpha value is -3.29. The number of benzene rings is 2. The summed E-state index contributed by atoms with van der Waals surface area (Å²) in [6.07, 6.45) is 1.48. The molecule has 31 heavy (non-hydrogen) atoms. The lowest BCUT2D eigenvalue weighted by atomic mass is 10.0. The van der Waals surface area contributed by atoms with Gasteiger partial charge in [0.15, 0.2) is 0 Å². The number of fused-ring (bicyclic) bond motifs is 2. The van der Waals surface area contributed by atoms with Gasteiger partial charge >= 0.3 is 0 Å². The summed E-state index contributed by atoms with van der Waals surface area (Å²) in [4.78, 5) is 45.8. The highest BCUT2D eigenvalue weighted by Crippen LogP contribution is 2.35. The van der Waals surface area contributed by atoms with E-state index >= 15 is 0 Å². The van der Waals surface area contributed by atoms with Crippen LogP contribution in [0.15, 0.2) is 59.7 Å². The van der Waals surface area contributed by atoms with Crippen LogP contribution in [0.25, 0.3) is 21.3 Å². The average molecular weight is 450 g/mol. The van der Waals surface area contributed by atoms with Crippen molar-refractivity contribution < 1.29 is 9.59 Å². The lowest BCUT2D eigenvalue weighted by Gasteiger charge is -2.14. The molecule has 0 aliphatic carbocycles. The standard InChI is InChI=1S/C23H16ClN3O3S/c1-13-18(14-6-8-15(24)9-7-14)19-20(31-13)25-12-26(23(19)30)10-11-27-21(28)16-4-2-3-5-17(16)22(27)29/h2-9,12H,10-11H2,1H3. The van der Waals surface area contributed by atoms with Crippen LogP contribution in [0.1, 0.15) is 25.6 Å². The molecule has 2 aromatic carbocycles. The van der Waals surface area contributed by atoms with Crippen LogP contribution in [0.5, 0.6) is 0 Å². The molecule has 2 aromatic heterocycles. The van der Waals surface area contributed by atoms with Crippen LogP contribution in [-0.2, 0) is 6.54 Å². The first-order valence-corrected chi connectivity index (χ1v) is 10.8. The molecule has 0 saturated carbocycles. The topological polar surface area (TPSA) is 72.3 Å². The summed E-state index contributed by atoms with van der Waals surface area (Å²) in [5, 5.41) is 1.16. The average Bonchev–Trinajstić information content (AvgIpc) is 3.23. The molecule has 5 rings (SSSR count). The number of imide groups is 1. The zero-order valence-electron chi connectivity index (χ0n) is 16.5. The Morgan fingerprint density at radius 2 is 1.58 bits per heavy atom. The first-order chi connectivity index (χ1) is 15.0. The van der Waals surface area contributed by atoms with Crippen molar-refractivity contribution in [2.24, 2.45) is 0 Å². The van der Waals surface area contributed by atoms with Crippen LogP contribution in [0.2, 0.25) is 5.02 Å². The van der Waals surface area contributed by atoms with Crippen LogP contribution in [0.4, 0.5) is 0 Å². The molecule has 2 amide bonds. The Morgan fingerprint density at radius 3 is 2.23 bits per heavy atom. The Balaban J connectivity index is 1.49. The first-order valence-electron chi connectivity index (χ1n) is 9.65. The van der Waals surface area contributed by atoms with Gasteiger partial charge in [0.05, 0.1) is 22.8 Å². The molecule has 0 spiro atoms. The molecule has 0 unspecified atom stereocenters. The number of carbonyl (C=O) groups excluding carboxylic acids is 2. The van der Waals surface area contributed by atoms with Gasteiger partial charge in [0, 0.05) is 28.6 Å². The number of thiophene rings is 1. The van der Waals surface area contributed by atoms with E-state index in [1.807, 2.05) is 19.1 Å². The van der Waals surface area contributed by atoms with E-state index in [4.69, 9.17) is 11.6 Å². The van der Waals surface area contributed by atoms with E-state index in [0.717, 1.165) is 16.0 Å². The smallest absolute Gasteiger partial charge is 0.262 e. The van der Waals surface area contributed by atoms with Crippen molar-refractivity contribution in [2.75, 3.05) is 6.54 Å². The van der Waals surface area contributed by atoms with Gasteiger partial charge in [-0.15, -0.1) is 11.3 Å². The van der Waals surface area contributed by atoms with Crippen molar-refractivity contribution in [2.45, 2.75) is 13.5 Å². The lowest BCUT2D eigenvalue weighted by molar-refractivity contribution is 0.0648. The van der Waals surface area contributed by atoms with Gasteiger partial charge in [-0.2, -0.15) is 0 Å². The Bertz CT molecular complexity index is 1390. The number of hydrogen-bond acceptors (Lipinski definition) is 5. The van der Waals surface area contributed by atoms with Crippen LogP contribution >= 0.6 is 22.9 Å². The molecule has 0 bridgehead atoms. The third-order valence-corrected chi connectivity index (χ3v) is 6.70. The minimum absolute atomic E-state index is 0.0961. The highest BCUT2D eigenvalue weighted by Gasteiger charge is 2.34. The summed E-state index contributed by atoms with van der Waals surface area (Å²) < 4.78 is 1.46. The number of aryl methyl sites for hydroxylation is 1. The third kappa shape index (κ3) is 3.17. The summed E-state index contributed by atoms with van der Waals surface area (Å²) in [7, 11) is 0. The summed E-state index contributed by atoms with van der Waals surface area (Å²) in [5.74, 6) is -0.674. The van der Waals surface area contributed by atoms with Crippen LogP contribution in [0.3, 0.4) is 0 Å². The normalized spacial score (nSPS) is 13.3. The molecular formula is C23H16ClN3O3S. The maximum absolute atomic E-state index is 13.3. The molecule has 3 heterocycles. The fourth-order valence-electron chi connectivity index (χ4n) is 3.91. The maximum Gasteiger partial charge on any atom is 0.262 e. The second-order valence-corrected chi connectivity index (χ2v) is 8.91. The highest BCUT2D eigenvalue weighted by molar-refractivity contribution is 7.19. The zero-order chi connectivity index (χ0) is 21.7. The maximum atomic E-state index is 13.3. The van der Waals surface area contributed by atoms with Gasteiger partial charge < -0.3 is 0 Å². The summed E-state index contributed by atoms with van der Waals surface area (Å²) in [5.41, 5.74) is 2.32.